The Hall–Kier alpha value is -1.24. The molecule has 17 heavy (non-hydrogen) atoms. The van der Waals surface area contributed by atoms with E-state index in [1.165, 1.54) is 11.8 Å². The molecule has 1 N–H and O–H groups in total. The standard InChI is InChI=1S/C10H18N4O2S/c1-4-6-14(5-2)9-11-12-10(13(9)3)17-7-8(15)16/h4-7H2,1-3H3,(H,15,16). The molecule has 0 unspecified atom stereocenters. The lowest BCUT2D eigenvalue weighted by atomic mass is 10.4. The molecule has 0 fully saturated rings. The Labute approximate surface area is 105 Å². The van der Waals surface area contributed by atoms with Crippen LogP contribution in [0.2, 0.25) is 0 Å². The zero-order valence-electron chi connectivity index (χ0n) is 10.4. The molecule has 0 radical (unpaired) electrons. The molecule has 0 amide bonds. The summed E-state index contributed by atoms with van der Waals surface area (Å²) in [6.07, 6.45) is 1.04. The number of rotatable bonds is 7. The average molecular weight is 258 g/mol. The van der Waals surface area contributed by atoms with Crippen molar-refractivity contribution in [3.05, 3.63) is 0 Å². The SMILES string of the molecule is CCCN(CC)c1nnc(SCC(=O)O)n1C. The number of anilines is 1. The van der Waals surface area contributed by atoms with Crippen LogP contribution in [0.5, 0.6) is 0 Å². The van der Waals surface area contributed by atoms with Crippen LogP contribution in [0.25, 0.3) is 0 Å². The van der Waals surface area contributed by atoms with Crippen molar-refractivity contribution in [1.82, 2.24) is 14.8 Å². The lowest BCUT2D eigenvalue weighted by Gasteiger charge is -2.20. The minimum Gasteiger partial charge on any atom is -0.481 e. The summed E-state index contributed by atoms with van der Waals surface area (Å²) < 4.78 is 1.84. The van der Waals surface area contributed by atoms with E-state index in [-0.39, 0.29) is 5.75 Å². The summed E-state index contributed by atoms with van der Waals surface area (Å²) in [5.74, 6) is -0.0472. The largest absolute Gasteiger partial charge is 0.481 e. The number of carboxylic acid groups (broad SMARTS) is 1. The zero-order valence-corrected chi connectivity index (χ0v) is 11.2. The summed E-state index contributed by atoms with van der Waals surface area (Å²) in [7, 11) is 1.86. The van der Waals surface area contributed by atoms with Crippen molar-refractivity contribution in [1.29, 1.82) is 0 Å². The molecule has 1 rings (SSSR count). The molecule has 0 aromatic carbocycles. The molecule has 0 saturated carbocycles. The highest BCUT2D eigenvalue weighted by atomic mass is 32.2. The Morgan fingerprint density at radius 1 is 1.47 bits per heavy atom. The van der Waals surface area contributed by atoms with Crippen molar-refractivity contribution >= 4 is 23.7 Å². The lowest BCUT2D eigenvalue weighted by Crippen LogP contribution is -2.26. The predicted molar refractivity (Wildman–Crippen MR) is 67.5 cm³/mol. The summed E-state index contributed by atoms with van der Waals surface area (Å²) in [6, 6.07) is 0. The van der Waals surface area contributed by atoms with Gasteiger partial charge in [0, 0.05) is 20.1 Å². The molecular weight excluding hydrogens is 240 g/mol. The van der Waals surface area contributed by atoms with Gasteiger partial charge >= 0.3 is 5.97 Å². The number of nitrogens with zero attached hydrogens (tertiary/aromatic N) is 4. The van der Waals surface area contributed by atoms with Crippen LogP contribution >= 0.6 is 11.8 Å². The molecule has 0 aliphatic heterocycles. The molecule has 0 aliphatic rings. The summed E-state index contributed by atoms with van der Waals surface area (Å²) in [4.78, 5) is 12.6. The Kier molecular flexibility index (Phi) is 5.27. The monoisotopic (exact) mass is 258 g/mol. The van der Waals surface area contributed by atoms with Gasteiger partial charge in [-0.15, -0.1) is 10.2 Å². The Morgan fingerprint density at radius 2 is 2.18 bits per heavy atom. The summed E-state index contributed by atoms with van der Waals surface area (Å²) in [5.41, 5.74) is 0. The van der Waals surface area contributed by atoms with Crippen molar-refractivity contribution < 1.29 is 9.90 Å². The fourth-order valence-corrected chi connectivity index (χ4v) is 2.13. The molecule has 0 saturated heterocycles. The number of hydrogen-bond donors (Lipinski definition) is 1. The van der Waals surface area contributed by atoms with E-state index >= 15 is 0 Å². The third kappa shape index (κ3) is 3.62. The van der Waals surface area contributed by atoms with Gasteiger partial charge in [-0.3, -0.25) is 9.36 Å². The maximum absolute atomic E-state index is 10.5. The van der Waals surface area contributed by atoms with E-state index in [0.717, 1.165) is 25.5 Å². The predicted octanol–water partition coefficient (Wildman–Crippen LogP) is 1.23. The van der Waals surface area contributed by atoms with Crippen molar-refractivity contribution in [2.24, 2.45) is 7.05 Å². The fourth-order valence-electron chi connectivity index (χ4n) is 1.50. The number of thioether (sulfide) groups is 1. The van der Waals surface area contributed by atoms with Crippen LogP contribution in [0, 0.1) is 0 Å². The second kappa shape index (κ2) is 6.48. The number of aliphatic carboxylic acids is 1. The first-order chi connectivity index (χ1) is 8.10. The van der Waals surface area contributed by atoms with Gasteiger partial charge in [0.1, 0.15) is 0 Å². The molecule has 1 aromatic rings. The number of aromatic nitrogens is 3. The number of carboxylic acids is 1. The van der Waals surface area contributed by atoms with Gasteiger partial charge in [0.2, 0.25) is 5.95 Å². The van der Waals surface area contributed by atoms with Gasteiger partial charge in [0.15, 0.2) is 5.16 Å². The third-order valence-electron chi connectivity index (χ3n) is 2.29. The van der Waals surface area contributed by atoms with Gasteiger partial charge in [-0.25, -0.2) is 0 Å². The van der Waals surface area contributed by atoms with Crippen molar-refractivity contribution in [2.75, 3.05) is 23.7 Å². The molecule has 1 aromatic heterocycles. The molecular formula is C10H18N4O2S. The van der Waals surface area contributed by atoms with Crippen LogP contribution in [0.15, 0.2) is 5.16 Å². The van der Waals surface area contributed by atoms with E-state index in [4.69, 9.17) is 5.11 Å². The summed E-state index contributed by atoms with van der Waals surface area (Å²) in [5, 5.41) is 17.4. The fraction of sp³-hybridized carbons (Fsp3) is 0.700. The van der Waals surface area contributed by atoms with Crippen molar-refractivity contribution in [3.63, 3.8) is 0 Å². The minimum atomic E-state index is -0.847. The van der Waals surface area contributed by atoms with Gasteiger partial charge < -0.3 is 10.0 Å². The highest BCUT2D eigenvalue weighted by Gasteiger charge is 2.14. The van der Waals surface area contributed by atoms with E-state index in [9.17, 15) is 4.79 Å². The van der Waals surface area contributed by atoms with Crippen LogP contribution in [-0.4, -0.2) is 44.7 Å². The van der Waals surface area contributed by atoms with Gasteiger partial charge in [0.25, 0.3) is 0 Å². The molecule has 0 bridgehead atoms. The smallest absolute Gasteiger partial charge is 0.313 e. The topological polar surface area (TPSA) is 71.2 Å². The third-order valence-corrected chi connectivity index (χ3v) is 3.30. The number of hydrogen-bond acceptors (Lipinski definition) is 5. The summed E-state index contributed by atoms with van der Waals surface area (Å²) >= 11 is 1.19. The zero-order chi connectivity index (χ0) is 12.8. The molecule has 0 atom stereocenters. The van der Waals surface area contributed by atoms with Crippen LogP contribution in [-0.2, 0) is 11.8 Å². The first-order valence-electron chi connectivity index (χ1n) is 5.59. The minimum absolute atomic E-state index is 0.00583. The first kappa shape index (κ1) is 13.8. The maximum Gasteiger partial charge on any atom is 0.313 e. The molecule has 6 nitrogen and oxygen atoms in total. The quantitative estimate of drug-likeness (QED) is 0.742. The molecule has 0 spiro atoms. The van der Waals surface area contributed by atoms with Crippen LogP contribution in [0.1, 0.15) is 20.3 Å². The first-order valence-corrected chi connectivity index (χ1v) is 6.57. The molecule has 1 heterocycles. The normalized spacial score (nSPS) is 10.5. The Morgan fingerprint density at radius 3 is 2.71 bits per heavy atom. The Bertz CT molecular complexity index is 380. The average Bonchev–Trinajstić information content (AvgIpc) is 2.65. The van der Waals surface area contributed by atoms with Crippen molar-refractivity contribution in [3.8, 4) is 0 Å². The van der Waals surface area contributed by atoms with Gasteiger partial charge in [-0.2, -0.15) is 0 Å². The highest BCUT2D eigenvalue weighted by Crippen LogP contribution is 2.20. The highest BCUT2D eigenvalue weighted by molar-refractivity contribution is 7.99. The van der Waals surface area contributed by atoms with Crippen LogP contribution < -0.4 is 4.90 Å². The number of carbonyl (C=O) groups is 1. The van der Waals surface area contributed by atoms with Crippen molar-refractivity contribution in [2.45, 2.75) is 25.4 Å². The van der Waals surface area contributed by atoms with Gasteiger partial charge in [-0.05, 0) is 13.3 Å². The maximum atomic E-state index is 10.5. The molecule has 7 heteroatoms. The van der Waals surface area contributed by atoms with E-state index in [2.05, 4.69) is 28.9 Å². The van der Waals surface area contributed by atoms with Gasteiger partial charge in [0.05, 0.1) is 5.75 Å². The molecule has 96 valence electrons. The second-order valence-electron chi connectivity index (χ2n) is 3.60. The summed E-state index contributed by atoms with van der Waals surface area (Å²) in [6.45, 7) is 5.96. The van der Waals surface area contributed by atoms with E-state index in [1.807, 2.05) is 11.6 Å². The second-order valence-corrected chi connectivity index (χ2v) is 4.55. The Balaban J connectivity index is 2.78. The van der Waals surface area contributed by atoms with E-state index in [1.54, 1.807) is 0 Å². The van der Waals surface area contributed by atoms with E-state index < -0.39 is 5.97 Å². The van der Waals surface area contributed by atoms with E-state index in [0.29, 0.717) is 5.16 Å². The van der Waals surface area contributed by atoms with Crippen LogP contribution in [0.3, 0.4) is 0 Å². The van der Waals surface area contributed by atoms with Crippen LogP contribution in [0.4, 0.5) is 5.95 Å². The van der Waals surface area contributed by atoms with Gasteiger partial charge in [-0.1, -0.05) is 18.7 Å². The molecule has 0 aliphatic carbocycles. The lowest BCUT2D eigenvalue weighted by molar-refractivity contribution is -0.133.